The molecular weight excluding hydrogens is 150 g/mol. The summed E-state index contributed by atoms with van der Waals surface area (Å²) in [5.74, 6) is 0.299. The average Bonchev–Trinajstić information content (AvgIpc) is 1.35. The minimum Gasteiger partial charge on any atom is -0.389 e. The van der Waals surface area contributed by atoms with Gasteiger partial charge in [-0.1, -0.05) is 0 Å². The van der Waals surface area contributed by atoms with E-state index in [1.165, 1.54) is 0 Å². The van der Waals surface area contributed by atoms with Gasteiger partial charge < -0.3 is 5.11 Å². The van der Waals surface area contributed by atoms with Gasteiger partial charge in [0, 0.05) is 18.6 Å². The summed E-state index contributed by atoms with van der Waals surface area (Å²) in [4.78, 5) is 0. The number of hydrogen-bond acceptors (Lipinski definition) is 1. The van der Waals surface area contributed by atoms with Gasteiger partial charge in [0.2, 0.25) is 0 Å². The van der Waals surface area contributed by atoms with Crippen LogP contribution in [0, 0.1) is 0 Å². The van der Waals surface area contributed by atoms with Crippen LogP contribution in [0.4, 0.5) is 0 Å². The van der Waals surface area contributed by atoms with Crippen molar-refractivity contribution in [3.63, 3.8) is 0 Å². The molecule has 0 aliphatic heterocycles. The topological polar surface area (TPSA) is 20.2 Å². The smallest absolute Gasteiger partial charge is 0.0726 e. The third-order valence-electron chi connectivity index (χ3n) is 0.327. The van der Waals surface area contributed by atoms with Gasteiger partial charge in [-0.15, -0.1) is 11.6 Å². The first-order valence-electron chi connectivity index (χ1n) is 1.84. The van der Waals surface area contributed by atoms with E-state index in [-0.39, 0.29) is 18.6 Å². The molecule has 3 heteroatoms. The Kier molecular flexibility index (Phi) is 5.82. The van der Waals surface area contributed by atoms with Gasteiger partial charge in [-0.3, -0.25) is 0 Å². The SMILES string of the molecule is CC(C)(O)CCl.[V]. The van der Waals surface area contributed by atoms with Crippen molar-refractivity contribution in [2.24, 2.45) is 0 Å². The Morgan fingerprint density at radius 1 is 1.57 bits per heavy atom. The first kappa shape index (κ1) is 10.8. The van der Waals surface area contributed by atoms with Crippen molar-refractivity contribution in [3.05, 3.63) is 0 Å². The molecule has 0 unspecified atom stereocenters. The Labute approximate surface area is 60.9 Å². The van der Waals surface area contributed by atoms with Crippen molar-refractivity contribution in [2.45, 2.75) is 19.4 Å². The van der Waals surface area contributed by atoms with Gasteiger partial charge in [-0.05, 0) is 13.8 Å². The standard InChI is InChI=1S/C4H9ClO.V/c1-4(2,6)3-5;/h6H,3H2,1-2H3;. The number of alkyl halides is 1. The van der Waals surface area contributed by atoms with Crippen LogP contribution in [0.1, 0.15) is 13.8 Å². The van der Waals surface area contributed by atoms with Gasteiger partial charge in [0.25, 0.3) is 0 Å². The Balaban J connectivity index is 0. The molecule has 7 heavy (non-hydrogen) atoms. The average molecular weight is 160 g/mol. The maximum atomic E-state index is 8.69. The second kappa shape index (κ2) is 3.79. The van der Waals surface area contributed by atoms with Crippen molar-refractivity contribution >= 4 is 11.6 Å². The molecule has 0 aliphatic rings. The molecule has 0 rings (SSSR count). The molecule has 0 amide bonds. The Bertz CT molecular complexity index is 41.4. The van der Waals surface area contributed by atoms with Gasteiger partial charge in [-0.25, -0.2) is 0 Å². The molecule has 1 N–H and O–H groups in total. The summed E-state index contributed by atoms with van der Waals surface area (Å²) in [6, 6.07) is 0. The molecule has 0 saturated carbocycles. The summed E-state index contributed by atoms with van der Waals surface area (Å²) in [7, 11) is 0. The van der Waals surface area contributed by atoms with Crippen molar-refractivity contribution in [1.29, 1.82) is 0 Å². The molecule has 0 aliphatic carbocycles. The van der Waals surface area contributed by atoms with Crippen molar-refractivity contribution in [3.8, 4) is 0 Å². The van der Waals surface area contributed by atoms with E-state index in [0.717, 1.165) is 0 Å². The molecule has 0 aromatic rings. The zero-order valence-electron chi connectivity index (χ0n) is 4.48. The third kappa shape index (κ3) is 10.9. The molecule has 0 bridgehead atoms. The molecule has 43 valence electrons. The fraction of sp³-hybridized carbons (Fsp3) is 1.00. The van der Waals surface area contributed by atoms with Crippen molar-refractivity contribution < 1.29 is 23.7 Å². The summed E-state index contributed by atoms with van der Waals surface area (Å²) in [5.41, 5.74) is -0.693. The van der Waals surface area contributed by atoms with E-state index in [1.54, 1.807) is 13.8 Å². The van der Waals surface area contributed by atoms with Gasteiger partial charge in [0.05, 0.1) is 11.5 Å². The maximum absolute atomic E-state index is 8.69. The van der Waals surface area contributed by atoms with Crippen molar-refractivity contribution in [1.82, 2.24) is 0 Å². The molecule has 0 aromatic heterocycles. The first-order chi connectivity index (χ1) is 2.56. The first-order valence-corrected chi connectivity index (χ1v) is 2.38. The normalized spacial score (nSPS) is 10.3. The second-order valence-electron chi connectivity index (χ2n) is 1.95. The van der Waals surface area contributed by atoms with Crippen LogP contribution in [0.5, 0.6) is 0 Å². The largest absolute Gasteiger partial charge is 0.389 e. The number of halogens is 1. The van der Waals surface area contributed by atoms with Gasteiger partial charge in [-0.2, -0.15) is 0 Å². The van der Waals surface area contributed by atoms with Crippen LogP contribution in [0.2, 0.25) is 0 Å². The van der Waals surface area contributed by atoms with Crippen LogP contribution >= 0.6 is 11.6 Å². The molecule has 1 nitrogen and oxygen atoms in total. The molecule has 1 radical (unpaired) electrons. The summed E-state index contributed by atoms with van der Waals surface area (Å²) >= 11 is 5.23. The van der Waals surface area contributed by atoms with E-state index in [2.05, 4.69) is 0 Å². The van der Waals surface area contributed by atoms with E-state index < -0.39 is 5.60 Å². The molecular formula is C4H9ClOV. The van der Waals surface area contributed by atoms with E-state index in [0.29, 0.717) is 5.88 Å². The predicted molar refractivity (Wildman–Crippen MR) is 27.0 cm³/mol. The maximum Gasteiger partial charge on any atom is 0.0726 e. The molecule has 0 spiro atoms. The van der Waals surface area contributed by atoms with Crippen LogP contribution < -0.4 is 0 Å². The van der Waals surface area contributed by atoms with Gasteiger partial charge in [0.1, 0.15) is 0 Å². The van der Waals surface area contributed by atoms with Crippen LogP contribution in [0.15, 0.2) is 0 Å². The quantitative estimate of drug-likeness (QED) is 0.566. The molecule has 0 fully saturated rings. The Morgan fingerprint density at radius 3 is 1.71 bits per heavy atom. The zero-order valence-corrected chi connectivity index (χ0v) is 6.63. The van der Waals surface area contributed by atoms with E-state index in [9.17, 15) is 0 Å². The Morgan fingerprint density at radius 2 is 1.71 bits per heavy atom. The van der Waals surface area contributed by atoms with E-state index in [1.807, 2.05) is 0 Å². The summed E-state index contributed by atoms with van der Waals surface area (Å²) in [6.07, 6.45) is 0. The summed E-state index contributed by atoms with van der Waals surface area (Å²) < 4.78 is 0. The van der Waals surface area contributed by atoms with Crippen molar-refractivity contribution in [2.75, 3.05) is 5.88 Å². The molecule has 0 aromatic carbocycles. The van der Waals surface area contributed by atoms with Crippen LogP contribution in [-0.2, 0) is 18.6 Å². The number of rotatable bonds is 1. The van der Waals surface area contributed by atoms with E-state index in [4.69, 9.17) is 16.7 Å². The molecule has 0 saturated heterocycles. The van der Waals surface area contributed by atoms with E-state index >= 15 is 0 Å². The van der Waals surface area contributed by atoms with Crippen LogP contribution in [-0.4, -0.2) is 16.6 Å². The monoisotopic (exact) mass is 159 g/mol. The van der Waals surface area contributed by atoms with Crippen LogP contribution in [0.25, 0.3) is 0 Å². The van der Waals surface area contributed by atoms with Gasteiger partial charge in [0.15, 0.2) is 0 Å². The minimum absolute atomic E-state index is 0. The van der Waals surface area contributed by atoms with Crippen LogP contribution in [0.3, 0.4) is 0 Å². The predicted octanol–water partition coefficient (Wildman–Crippen LogP) is 0.994. The number of hydrogen-bond donors (Lipinski definition) is 1. The summed E-state index contributed by atoms with van der Waals surface area (Å²) in [6.45, 7) is 3.33. The Hall–Kier alpha value is 0.834. The molecule has 0 atom stereocenters. The number of aliphatic hydroxyl groups is 1. The fourth-order valence-electron chi connectivity index (χ4n) is 0. The summed E-state index contributed by atoms with van der Waals surface area (Å²) in [5, 5.41) is 8.69. The fourth-order valence-corrected chi connectivity index (χ4v) is 0. The second-order valence-corrected chi connectivity index (χ2v) is 2.21. The molecule has 0 heterocycles. The van der Waals surface area contributed by atoms with Gasteiger partial charge >= 0.3 is 0 Å². The third-order valence-corrected chi connectivity index (χ3v) is 0.981. The minimum atomic E-state index is -0.693. The zero-order chi connectivity index (χ0) is 5.21.